The van der Waals surface area contributed by atoms with E-state index in [2.05, 4.69) is 34.4 Å². The van der Waals surface area contributed by atoms with E-state index in [0.717, 1.165) is 31.5 Å². The molecule has 1 aromatic carbocycles. The van der Waals surface area contributed by atoms with Crippen molar-refractivity contribution < 1.29 is 4.79 Å². The zero-order chi connectivity index (χ0) is 16.4. The number of halogens is 1. The molecule has 1 aliphatic rings. The summed E-state index contributed by atoms with van der Waals surface area (Å²) in [7, 11) is 2.10. The van der Waals surface area contributed by atoms with Crippen LogP contribution < -0.4 is 5.32 Å². The van der Waals surface area contributed by atoms with Crippen LogP contribution in [0.5, 0.6) is 0 Å². The summed E-state index contributed by atoms with van der Waals surface area (Å²) in [6.07, 6.45) is 1.89. The summed E-state index contributed by atoms with van der Waals surface area (Å²) < 4.78 is 0. The van der Waals surface area contributed by atoms with Crippen LogP contribution in [-0.2, 0) is 0 Å². The van der Waals surface area contributed by atoms with Gasteiger partial charge in [0, 0.05) is 24.2 Å². The monoisotopic (exact) mass is 332 g/mol. The fourth-order valence-electron chi connectivity index (χ4n) is 2.82. The first-order valence-electron chi connectivity index (χ1n) is 7.78. The predicted octanol–water partition coefficient (Wildman–Crippen LogP) is 2.94. The van der Waals surface area contributed by atoms with Gasteiger partial charge < -0.3 is 10.2 Å². The Morgan fingerprint density at radius 1 is 1.35 bits per heavy atom. The van der Waals surface area contributed by atoms with Crippen LogP contribution >= 0.6 is 11.6 Å². The number of nitrogens with one attached hydrogen (secondary N) is 2. The van der Waals surface area contributed by atoms with E-state index < -0.39 is 0 Å². The summed E-state index contributed by atoms with van der Waals surface area (Å²) in [6.45, 7) is 4.08. The van der Waals surface area contributed by atoms with E-state index in [1.807, 2.05) is 24.3 Å². The Labute approximate surface area is 141 Å². The smallest absolute Gasteiger partial charge is 0.269 e. The van der Waals surface area contributed by atoms with E-state index in [4.69, 9.17) is 11.6 Å². The van der Waals surface area contributed by atoms with Gasteiger partial charge in [-0.1, -0.05) is 29.8 Å². The Kier molecular flexibility index (Phi) is 4.41. The molecule has 1 saturated heterocycles. The highest BCUT2D eigenvalue weighted by atomic mass is 35.5. The van der Waals surface area contributed by atoms with Gasteiger partial charge in [0.2, 0.25) is 0 Å². The van der Waals surface area contributed by atoms with Crippen molar-refractivity contribution in [3.63, 3.8) is 0 Å². The number of nitrogens with zero attached hydrogens (tertiary/aromatic N) is 2. The number of rotatable bonds is 3. The van der Waals surface area contributed by atoms with Crippen LogP contribution in [0.3, 0.4) is 0 Å². The standard InChI is InChI=1S/C17H21ClN4O/c1-17(7-9-22(2)10-8-17)19-16(23)15-11-14(20-21-15)12-5-3-4-6-13(12)18/h3-6,11H,7-10H2,1-2H3,(H,19,23)(H,20,21). The Balaban J connectivity index is 1.73. The second-order valence-corrected chi connectivity index (χ2v) is 6.87. The maximum Gasteiger partial charge on any atom is 0.269 e. The largest absolute Gasteiger partial charge is 0.345 e. The second-order valence-electron chi connectivity index (χ2n) is 6.46. The van der Waals surface area contributed by atoms with Crippen molar-refractivity contribution >= 4 is 17.5 Å². The molecule has 122 valence electrons. The van der Waals surface area contributed by atoms with Crippen molar-refractivity contribution in [1.82, 2.24) is 20.4 Å². The first kappa shape index (κ1) is 16.0. The van der Waals surface area contributed by atoms with Gasteiger partial charge >= 0.3 is 0 Å². The zero-order valence-corrected chi connectivity index (χ0v) is 14.2. The molecule has 0 saturated carbocycles. The van der Waals surface area contributed by atoms with Gasteiger partial charge in [0.25, 0.3) is 5.91 Å². The molecule has 0 aliphatic carbocycles. The van der Waals surface area contributed by atoms with Gasteiger partial charge in [-0.15, -0.1) is 0 Å². The number of hydrogen-bond donors (Lipinski definition) is 2. The molecule has 0 spiro atoms. The highest BCUT2D eigenvalue weighted by Crippen LogP contribution is 2.26. The Morgan fingerprint density at radius 2 is 2.04 bits per heavy atom. The minimum absolute atomic E-state index is 0.122. The maximum absolute atomic E-state index is 12.5. The molecule has 0 radical (unpaired) electrons. The Hall–Kier alpha value is -1.85. The van der Waals surface area contributed by atoms with Crippen molar-refractivity contribution in [2.45, 2.75) is 25.3 Å². The average Bonchev–Trinajstić information content (AvgIpc) is 3.01. The van der Waals surface area contributed by atoms with Crippen molar-refractivity contribution in [2.24, 2.45) is 0 Å². The topological polar surface area (TPSA) is 61.0 Å². The van der Waals surface area contributed by atoms with Crippen LogP contribution in [0.1, 0.15) is 30.3 Å². The third-order valence-electron chi connectivity index (χ3n) is 4.48. The number of aromatic amines is 1. The molecule has 1 aliphatic heterocycles. The van der Waals surface area contributed by atoms with E-state index in [1.165, 1.54) is 0 Å². The molecule has 0 atom stereocenters. The SMILES string of the molecule is CN1CCC(C)(NC(=O)c2cc(-c3ccccc3Cl)n[nH]2)CC1. The number of amides is 1. The van der Waals surface area contributed by atoms with Crippen LogP contribution in [0.4, 0.5) is 0 Å². The van der Waals surface area contributed by atoms with E-state index in [0.29, 0.717) is 16.4 Å². The second kappa shape index (κ2) is 6.34. The molecule has 0 bridgehead atoms. The lowest BCUT2D eigenvalue weighted by atomic mass is 9.89. The molecule has 2 aromatic rings. The van der Waals surface area contributed by atoms with E-state index in [9.17, 15) is 4.79 Å². The molecule has 5 nitrogen and oxygen atoms in total. The number of benzene rings is 1. The van der Waals surface area contributed by atoms with Gasteiger partial charge in [-0.25, -0.2) is 0 Å². The highest BCUT2D eigenvalue weighted by Gasteiger charge is 2.31. The molecular formula is C17H21ClN4O. The fraction of sp³-hybridized carbons (Fsp3) is 0.412. The number of H-pyrrole nitrogens is 1. The molecule has 2 heterocycles. The maximum atomic E-state index is 12.5. The molecule has 0 unspecified atom stereocenters. The van der Waals surface area contributed by atoms with Gasteiger partial charge in [0.1, 0.15) is 5.69 Å². The van der Waals surface area contributed by atoms with E-state index in [1.54, 1.807) is 6.07 Å². The fourth-order valence-corrected chi connectivity index (χ4v) is 3.06. The third kappa shape index (κ3) is 3.57. The lowest BCUT2D eigenvalue weighted by molar-refractivity contribution is 0.0847. The summed E-state index contributed by atoms with van der Waals surface area (Å²) in [5.41, 5.74) is 1.78. The molecule has 6 heteroatoms. The Morgan fingerprint density at radius 3 is 2.74 bits per heavy atom. The van der Waals surface area contributed by atoms with Crippen LogP contribution in [0.2, 0.25) is 5.02 Å². The normalized spacial score (nSPS) is 17.9. The number of hydrogen-bond acceptors (Lipinski definition) is 3. The van der Waals surface area contributed by atoms with Crippen LogP contribution in [-0.4, -0.2) is 46.7 Å². The molecule has 3 rings (SSSR count). The summed E-state index contributed by atoms with van der Waals surface area (Å²) in [4.78, 5) is 14.8. The van der Waals surface area contributed by atoms with Crippen molar-refractivity contribution in [3.05, 3.63) is 41.0 Å². The number of aromatic nitrogens is 2. The quantitative estimate of drug-likeness (QED) is 0.908. The van der Waals surface area contributed by atoms with Crippen LogP contribution in [0, 0.1) is 0 Å². The number of carbonyl (C=O) groups is 1. The summed E-state index contributed by atoms with van der Waals surface area (Å²) >= 11 is 6.18. The third-order valence-corrected chi connectivity index (χ3v) is 4.81. The molecular weight excluding hydrogens is 312 g/mol. The summed E-state index contributed by atoms with van der Waals surface area (Å²) in [5, 5.41) is 10.8. The number of piperidine rings is 1. The molecule has 1 fully saturated rings. The summed E-state index contributed by atoms with van der Waals surface area (Å²) in [5.74, 6) is -0.122. The first-order chi connectivity index (χ1) is 11.0. The van der Waals surface area contributed by atoms with Crippen molar-refractivity contribution in [3.8, 4) is 11.3 Å². The average molecular weight is 333 g/mol. The van der Waals surface area contributed by atoms with E-state index >= 15 is 0 Å². The Bertz CT molecular complexity index is 704. The summed E-state index contributed by atoms with van der Waals surface area (Å²) in [6, 6.07) is 9.21. The zero-order valence-electron chi connectivity index (χ0n) is 13.4. The lowest BCUT2D eigenvalue weighted by Gasteiger charge is -2.38. The first-order valence-corrected chi connectivity index (χ1v) is 8.16. The van der Waals surface area contributed by atoms with Crippen molar-refractivity contribution in [1.29, 1.82) is 0 Å². The molecule has 1 amide bonds. The number of carbonyl (C=O) groups excluding carboxylic acids is 1. The molecule has 2 N–H and O–H groups in total. The van der Waals surface area contributed by atoms with Crippen LogP contribution in [0.15, 0.2) is 30.3 Å². The minimum atomic E-state index is -0.167. The minimum Gasteiger partial charge on any atom is -0.345 e. The molecule has 1 aromatic heterocycles. The lowest BCUT2D eigenvalue weighted by Crippen LogP contribution is -2.52. The predicted molar refractivity (Wildman–Crippen MR) is 91.6 cm³/mol. The van der Waals surface area contributed by atoms with Gasteiger partial charge in [0.15, 0.2) is 0 Å². The number of likely N-dealkylation sites (tertiary alicyclic amines) is 1. The highest BCUT2D eigenvalue weighted by molar-refractivity contribution is 6.33. The van der Waals surface area contributed by atoms with Crippen LogP contribution in [0.25, 0.3) is 11.3 Å². The van der Waals surface area contributed by atoms with Gasteiger partial charge in [-0.3, -0.25) is 9.89 Å². The van der Waals surface area contributed by atoms with Gasteiger partial charge in [0.05, 0.1) is 10.7 Å². The van der Waals surface area contributed by atoms with Gasteiger partial charge in [-0.2, -0.15) is 5.10 Å². The molecule has 23 heavy (non-hydrogen) atoms. The van der Waals surface area contributed by atoms with E-state index in [-0.39, 0.29) is 11.4 Å². The van der Waals surface area contributed by atoms with Gasteiger partial charge in [-0.05, 0) is 38.9 Å². The van der Waals surface area contributed by atoms with Crippen molar-refractivity contribution in [2.75, 3.05) is 20.1 Å².